The zero-order valence-electron chi connectivity index (χ0n) is 10.7. The van der Waals surface area contributed by atoms with Crippen LogP contribution in [0.15, 0.2) is 0 Å². The molecule has 5 nitrogen and oxygen atoms in total. The van der Waals surface area contributed by atoms with Crippen molar-refractivity contribution < 1.29 is 9.59 Å². The van der Waals surface area contributed by atoms with Gasteiger partial charge in [-0.25, -0.2) is 0 Å². The van der Waals surface area contributed by atoms with Crippen molar-refractivity contribution in [3.8, 4) is 0 Å². The van der Waals surface area contributed by atoms with Crippen LogP contribution in [0.25, 0.3) is 0 Å². The minimum Gasteiger partial charge on any atom is -0.314 e. The van der Waals surface area contributed by atoms with Gasteiger partial charge in [0.25, 0.3) is 0 Å². The molecule has 0 atom stereocenters. The highest BCUT2D eigenvalue weighted by Gasteiger charge is 2.34. The van der Waals surface area contributed by atoms with Gasteiger partial charge >= 0.3 is 0 Å². The van der Waals surface area contributed by atoms with E-state index in [4.69, 9.17) is 0 Å². The number of carbonyl (C=O) groups excluding carboxylic acids is 2. The number of amides is 2. The highest BCUT2D eigenvalue weighted by molar-refractivity contribution is 5.97. The average molecular weight is 239 g/mol. The van der Waals surface area contributed by atoms with Crippen molar-refractivity contribution in [2.45, 2.75) is 32.2 Å². The Morgan fingerprint density at radius 3 is 2.76 bits per heavy atom. The average Bonchev–Trinajstić information content (AvgIpc) is 2.67. The molecule has 96 valence electrons. The Morgan fingerprint density at radius 1 is 1.41 bits per heavy atom. The Kier molecular flexibility index (Phi) is 3.49. The number of likely N-dealkylation sites (tertiary alicyclic amines) is 1. The standard InChI is InChI=1S/C12H21N3O2/c1-12(2)9-13-5-7-14(12)8-11(17)15-6-3-4-10(15)16/h13H,3-9H2,1-2H3. The monoisotopic (exact) mass is 239 g/mol. The summed E-state index contributed by atoms with van der Waals surface area (Å²) in [6.07, 6.45) is 1.34. The third-order valence-electron chi connectivity index (χ3n) is 3.67. The zero-order valence-corrected chi connectivity index (χ0v) is 10.7. The Bertz CT molecular complexity index is 328. The molecule has 0 bridgehead atoms. The molecule has 2 aliphatic rings. The van der Waals surface area contributed by atoms with Crippen LogP contribution in [-0.2, 0) is 9.59 Å². The first-order valence-corrected chi connectivity index (χ1v) is 6.30. The van der Waals surface area contributed by atoms with Crippen LogP contribution >= 0.6 is 0 Å². The highest BCUT2D eigenvalue weighted by atomic mass is 16.2. The van der Waals surface area contributed by atoms with Crippen molar-refractivity contribution in [3.63, 3.8) is 0 Å². The Morgan fingerprint density at radius 2 is 2.18 bits per heavy atom. The molecule has 5 heteroatoms. The number of imide groups is 1. The maximum atomic E-state index is 12.1. The lowest BCUT2D eigenvalue weighted by atomic mass is 10.0. The van der Waals surface area contributed by atoms with Crippen molar-refractivity contribution in [2.75, 3.05) is 32.7 Å². The van der Waals surface area contributed by atoms with Crippen molar-refractivity contribution >= 4 is 11.8 Å². The molecule has 0 aliphatic carbocycles. The third kappa shape index (κ3) is 2.66. The van der Waals surface area contributed by atoms with Crippen molar-refractivity contribution in [1.82, 2.24) is 15.1 Å². The van der Waals surface area contributed by atoms with Crippen LogP contribution in [0, 0.1) is 0 Å². The second-order valence-electron chi connectivity index (χ2n) is 5.45. The van der Waals surface area contributed by atoms with Gasteiger partial charge in [-0.05, 0) is 20.3 Å². The lowest BCUT2D eigenvalue weighted by Crippen LogP contribution is -2.60. The second-order valence-corrected chi connectivity index (χ2v) is 5.45. The molecular formula is C12H21N3O2. The SMILES string of the molecule is CC1(C)CNCCN1CC(=O)N1CCCC1=O. The van der Waals surface area contributed by atoms with E-state index >= 15 is 0 Å². The number of piperazine rings is 1. The van der Waals surface area contributed by atoms with E-state index in [9.17, 15) is 9.59 Å². The Balaban J connectivity index is 1.95. The second kappa shape index (κ2) is 4.74. The zero-order chi connectivity index (χ0) is 12.5. The summed E-state index contributed by atoms with van der Waals surface area (Å²) in [6, 6.07) is 0. The molecule has 2 amide bonds. The summed E-state index contributed by atoms with van der Waals surface area (Å²) in [5.74, 6) is -0.0505. The summed E-state index contributed by atoms with van der Waals surface area (Å²) in [5.41, 5.74) is -0.0172. The van der Waals surface area contributed by atoms with Crippen molar-refractivity contribution in [3.05, 3.63) is 0 Å². The normalized spacial score (nSPS) is 25.3. The Labute approximate surface area is 102 Å². The van der Waals surface area contributed by atoms with Gasteiger partial charge in [-0.2, -0.15) is 0 Å². The summed E-state index contributed by atoms with van der Waals surface area (Å²) >= 11 is 0. The third-order valence-corrected chi connectivity index (χ3v) is 3.67. The Hall–Kier alpha value is -0.940. The maximum Gasteiger partial charge on any atom is 0.243 e. The molecule has 1 N–H and O–H groups in total. The van der Waals surface area contributed by atoms with Gasteiger partial charge in [0.1, 0.15) is 0 Å². The number of nitrogens with one attached hydrogen (secondary N) is 1. The van der Waals surface area contributed by atoms with Crippen LogP contribution in [0.1, 0.15) is 26.7 Å². The van der Waals surface area contributed by atoms with Crippen LogP contribution in [0.4, 0.5) is 0 Å². The molecule has 0 aromatic carbocycles. The van der Waals surface area contributed by atoms with Crippen LogP contribution in [0.5, 0.6) is 0 Å². The summed E-state index contributed by atoms with van der Waals surface area (Å²) in [6.45, 7) is 7.86. The largest absolute Gasteiger partial charge is 0.314 e. The number of rotatable bonds is 2. The topological polar surface area (TPSA) is 52.7 Å². The van der Waals surface area contributed by atoms with E-state index in [1.165, 1.54) is 4.90 Å². The lowest BCUT2D eigenvalue weighted by molar-refractivity contribution is -0.143. The van der Waals surface area contributed by atoms with Gasteiger partial charge < -0.3 is 5.32 Å². The van der Waals surface area contributed by atoms with Gasteiger partial charge in [0, 0.05) is 38.1 Å². The molecular weight excluding hydrogens is 218 g/mol. The van der Waals surface area contributed by atoms with Gasteiger partial charge in [-0.15, -0.1) is 0 Å². The van der Waals surface area contributed by atoms with E-state index in [0.29, 0.717) is 19.5 Å². The van der Waals surface area contributed by atoms with Gasteiger partial charge in [-0.1, -0.05) is 0 Å². The smallest absolute Gasteiger partial charge is 0.243 e. The molecule has 0 spiro atoms. The van der Waals surface area contributed by atoms with E-state index < -0.39 is 0 Å². The van der Waals surface area contributed by atoms with E-state index in [1.54, 1.807) is 0 Å². The highest BCUT2D eigenvalue weighted by Crippen LogP contribution is 2.17. The predicted molar refractivity (Wildman–Crippen MR) is 64.5 cm³/mol. The van der Waals surface area contributed by atoms with Crippen molar-refractivity contribution in [2.24, 2.45) is 0 Å². The fraction of sp³-hybridized carbons (Fsp3) is 0.833. The molecule has 0 aromatic heterocycles. The molecule has 0 radical (unpaired) electrons. The van der Waals surface area contributed by atoms with Gasteiger partial charge in [0.2, 0.25) is 11.8 Å². The fourth-order valence-corrected chi connectivity index (χ4v) is 2.48. The first-order valence-electron chi connectivity index (χ1n) is 6.30. The van der Waals surface area contributed by atoms with Gasteiger partial charge in [-0.3, -0.25) is 19.4 Å². The number of carbonyl (C=O) groups is 2. The van der Waals surface area contributed by atoms with Crippen LogP contribution in [0.2, 0.25) is 0 Å². The molecule has 2 heterocycles. The first-order chi connectivity index (χ1) is 8.00. The van der Waals surface area contributed by atoms with E-state index in [0.717, 1.165) is 26.1 Å². The lowest BCUT2D eigenvalue weighted by Gasteiger charge is -2.42. The van der Waals surface area contributed by atoms with Gasteiger partial charge in [0.15, 0.2) is 0 Å². The quantitative estimate of drug-likeness (QED) is 0.726. The van der Waals surface area contributed by atoms with E-state index in [1.807, 2.05) is 0 Å². The number of hydrogen-bond acceptors (Lipinski definition) is 4. The fourth-order valence-electron chi connectivity index (χ4n) is 2.48. The predicted octanol–water partition coefficient (Wildman–Crippen LogP) is -0.181. The van der Waals surface area contributed by atoms with Crippen molar-refractivity contribution in [1.29, 1.82) is 0 Å². The summed E-state index contributed by atoms with van der Waals surface area (Å²) in [4.78, 5) is 27.1. The van der Waals surface area contributed by atoms with Gasteiger partial charge in [0.05, 0.1) is 6.54 Å². The molecule has 0 aromatic rings. The first kappa shape index (κ1) is 12.5. The molecule has 17 heavy (non-hydrogen) atoms. The van der Waals surface area contributed by atoms with E-state index in [-0.39, 0.29) is 17.4 Å². The van der Waals surface area contributed by atoms with Crippen LogP contribution in [0.3, 0.4) is 0 Å². The maximum absolute atomic E-state index is 12.1. The van der Waals surface area contributed by atoms with Crippen LogP contribution in [-0.4, -0.2) is 59.9 Å². The minimum absolute atomic E-state index is 0.0112. The molecule has 2 saturated heterocycles. The molecule has 2 rings (SSSR count). The molecule has 0 saturated carbocycles. The minimum atomic E-state index is -0.0394. The number of hydrogen-bond donors (Lipinski definition) is 1. The molecule has 2 aliphatic heterocycles. The summed E-state index contributed by atoms with van der Waals surface area (Å²) in [7, 11) is 0. The van der Waals surface area contributed by atoms with E-state index in [2.05, 4.69) is 24.1 Å². The molecule has 0 unspecified atom stereocenters. The summed E-state index contributed by atoms with van der Waals surface area (Å²) in [5, 5.41) is 3.32. The van der Waals surface area contributed by atoms with Crippen LogP contribution < -0.4 is 5.32 Å². The number of nitrogens with zero attached hydrogens (tertiary/aromatic N) is 2. The molecule has 2 fully saturated rings. The summed E-state index contributed by atoms with van der Waals surface area (Å²) < 4.78 is 0.